The molecule has 0 atom stereocenters. The summed E-state index contributed by atoms with van der Waals surface area (Å²) in [5.41, 5.74) is 2.06. The number of anilines is 3. The Morgan fingerprint density at radius 3 is 2.50 bits per heavy atom. The fourth-order valence-electron chi connectivity index (χ4n) is 3.52. The molecular weight excluding hydrogens is 406 g/mol. The number of hydrogen-bond donors (Lipinski definition) is 2. The van der Waals surface area contributed by atoms with E-state index in [0.717, 1.165) is 44.7 Å². The number of nitro benzene ring substituents is 1. The number of carbonyl (C=O) groups is 1. The van der Waals surface area contributed by atoms with Crippen LogP contribution in [0.2, 0.25) is 5.02 Å². The lowest BCUT2D eigenvalue weighted by Crippen LogP contribution is -2.44. The number of nitrogens with zero attached hydrogens (tertiary/aromatic N) is 3. The van der Waals surface area contributed by atoms with Crippen LogP contribution in [0.15, 0.2) is 36.4 Å². The van der Waals surface area contributed by atoms with Crippen molar-refractivity contribution in [2.24, 2.45) is 0 Å². The van der Waals surface area contributed by atoms with Crippen molar-refractivity contribution in [3.8, 4) is 0 Å². The number of carbonyl (C=O) groups excluding carboxylic acids is 1. The number of halogens is 1. The molecule has 1 saturated carbocycles. The Kier molecular flexibility index (Phi) is 5.78. The van der Waals surface area contributed by atoms with Crippen molar-refractivity contribution in [1.29, 1.82) is 0 Å². The molecule has 1 heterocycles. The third kappa shape index (κ3) is 4.66. The van der Waals surface area contributed by atoms with E-state index in [1.165, 1.54) is 6.07 Å². The van der Waals surface area contributed by atoms with Crippen molar-refractivity contribution in [3.05, 3.63) is 57.1 Å². The van der Waals surface area contributed by atoms with Crippen LogP contribution in [-0.4, -0.2) is 55.0 Å². The van der Waals surface area contributed by atoms with E-state index in [-0.39, 0.29) is 17.3 Å². The van der Waals surface area contributed by atoms with Gasteiger partial charge in [-0.25, -0.2) is 0 Å². The second-order valence-electron chi connectivity index (χ2n) is 7.81. The number of amides is 1. The molecule has 1 amide bonds. The van der Waals surface area contributed by atoms with Crippen LogP contribution in [0.25, 0.3) is 0 Å². The molecular formula is C21H24ClN5O3. The van der Waals surface area contributed by atoms with Gasteiger partial charge < -0.3 is 20.4 Å². The predicted molar refractivity (Wildman–Crippen MR) is 119 cm³/mol. The minimum atomic E-state index is -0.462. The summed E-state index contributed by atoms with van der Waals surface area (Å²) in [6.45, 7) is 3.54. The Bertz CT molecular complexity index is 971. The lowest BCUT2D eigenvalue weighted by molar-refractivity contribution is -0.384. The fraction of sp³-hybridized carbons (Fsp3) is 0.381. The Morgan fingerprint density at radius 2 is 1.83 bits per heavy atom. The van der Waals surface area contributed by atoms with Crippen LogP contribution in [-0.2, 0) is 0 Å². The molecule has 0 bridgehead atoms. The second kappa shape index (κ2) is 8.49. The first-order chi connectivity index (χ1) is 14.4. The van der Waals surface area contributed by atoms with E-state index >= 15 is 0 Å². The van der Waals surface area contributed by atoms with Gasteiger partial charge in [0, 0.05) is 48.9 Å². The quantitative estimate of drug-likeness (QED) is 0.535. The Balaban J connectivity index is 1.57. The van der Waals surface area contributed by atoms with Crippen molar-refractivity contribution in [1.82, 2.24) is 4.90 Å². The number of benzene rings is 2. The van der Waals surface area contributed by atoms with E-state index in [1.54, 1.807) is 24.3 Å². The molecule has 2 N–H and O–H groups in total. The van der Waals surface area contributed by atoms with Gasteiger partial charge in [0.05, 0.1) is 16.3 Å². The molecule has 0 spiro atoms. The Morgan fingerprint density at radius 1 is 1.10 bits per heavy atom. The maximum absolute atomic E-state index is 12.9. The van der Waals surface area contributed by atoms with Crippen LogP contribution in [0.3, 0.4) is 0 Å². The van der Waals surface area contributed by atoms with Gasteiger partial charge in [-0.1, -0.05) is 11.6 Å². The predicted octanol–water partition coefficient (Wildman–Crippen LogP) is 3.83. The number of piperazine rings is 1. The van der Waals surface area contributed by atoms with Crippen LogP contribution in [0.4, 0.5) is 22.7 Å². The van der Waals surface area contributed by atoms with E-state index in [0.29, 0.717) is 16.4 Å². The number of nitrogens with one attached hydrogen (secondary N) is 2. The summed E-state index contributed by atoms with van der Waals surface area (Å²) >= 11 is 6.17. The van der Waals surface area contributed by atoms with Gasteiger partial charge in [0.1, 0.15) is 5.69 Å². The van der Waals surface area contributed by atoms with Gasteiger partial charge in [-0.15, -0.1) is 0 Å². The zero-order valence-electron chi connectivity index (χ0n) is 16.7. The molecule has 2 aliphatic rings. The lowest BCUT2D eigenvalue weighted by atomic mass is 10.1. The number of nitro groups is 1. The number of hydrogen-bond acceptors (Lipinski definition) is 6. The summed E-state index contributed by atoms with van der Waals surface area (Å²) in [7, 11) is 2.08. The first-order valence-corrected chi connectivity index (χ1v) is 10.4. The normalized spacial score (nSPS) is 16.9. The summed E-state index contributed by atoms with van der Waals surface area (Å²) in [4.78, 5) is 28.4. The highest BCUT2D eigenvalue weighted by Gasteiger charge is 2.26. The first kappa shape index (κ1) is 20.4. The molecule has 2 aromatic rings. The molecule has 4 rings (SSSR count). The van der Waals surface area contributed by atoms with Gasteiger partial charge in [0.2, 0.25) is 0 Å². The standard InChI is InChI=1S/C21H24ClN5O3/c1-25-8-10-26(11-9-25)19-7-3-15(22)13-18(19)24-21(28)14-2-6-17(23-16-4-5-16)20(12-14)27(29)30/h2-3,6-7,12-13,16,23H,4-5,8-11H2,1H3,(H,24,28). The van der Waals surface area contributed by atoms with Gasteiger partial charge >= 0.3 is 0 Å². The number of likely N-dealkylation sites (N-methyl/N-ethyl adjacent to an activating group) is 1. The highest BCUT2D eigenvalue weighted by molar-refractivity contribution is 6.31. The van der Waals surface area contributed by atoms with Gasteiger partial charge in [0.25, 0.3) is 11.6 Å². The summed E-state index contributed by atoms with van der Waals surface area (Å²) in [6, 6.07) is 10.2. The van der Waals surface area contributed by atoms with E-state index in [1.807, 2.05) is 6.07 Å². The van der Waals surface area contributed by atoms with Gasteiger partial charge in [-0.05, 0) is 50.2 Å². The average molecular weight is 430 g/mol. The molecule has 1 saturated heterocycles. The van der Waals surface area contributed by atoms with Crippen molar-refractivity contribution in [3.63, 3.8) is 0 Å². The van der Waals surface area contributed by atoms with Crippen LogP contribution < -0.4 is 15.5 Å². The minimum absolute atomic E-state index is 0.0973. The molecule has 0 aromatic heterocycles. The second-order valence-corrected chi connectivity index (χ2v) is 8.25. The van der Waals surface area contributed by atoms with Gasteiger partial charge in [0.15, 0.2) is 0 Å². The monoisotopic (exact) mass is 429 g/mol. The van der Waals surface area contributed by atoms with E-state index in [4.69, 9.17) is 11.6 Å². The topological polar surface area (TPSA) is 90.8 Å². The molecule has 8 nitrogen and oxygen atoms in total. The smallest absolute Gasteiger partial charge is 0.293 e. The first-order valence-electron chi connectivity index (χ1n) is 10.00. The minimum Gasteiger partial charge on any atom is -0.377 e. The Hall–Kier alpha value is -2.84. The summed E-state index contributed by atoms with van der Waals surface area (Å²) in [5.74, 6) is -0.409. The molecule has 2 fully saturated rings. The van der Waals surface area contributed by atoms with E-state index in [2.05, 4.69) is 27.5 Å². The van der Waals surface area contributed by atoms with Crippen LogP contribution in [0.1, 0.15) is 23.2 Å². The molecule has 1 aliphatic carbocycles. The largest absolute Gasteiger partial charge is 0.377 e. The van der Waals surface area contributed by atoms with Crippen LogP contribution >= 0.6 is 11.6 Å². The fourth-order valence-corrected chi connectivity index (χ4v) is 3.69. The molecule has 0 radical (unpaired) electrons. The lowest BCUT2D eigenvalue weighted by Gasteiger charge is -2.35. The Labute approximate surface area is 179 Å². The average Bonchev–Trinajstić information content (AvgIpc) is 3.53. The summed E-state index contributed by atoms with van der Waals surface area (Å²) in [6.07, 6.45) is 2.01. The highest BCUT2D eigenvalue weighted by atomic mass is 35.5. The molecule has 9 heteroatoms. The van der Waals surface area contributed by atoms with Gasteiger partial charge in [-0.3, -0.25) is 14.9 Å². The molecule has 1 aliphatic heterocycles. The summed E-state index contributed by atoms with van der Waals surface area (Å²) in [5, 5.41) is 18.0. The zero-order valence-corrected chi connectivity index (χ0v) is 17.5. The van der Waals surface area contributed by atoms with Gasteiger partial charge in [-0.2, -0.15) is 0 Å². The SMILES string of the molecule is CN1CCN(c2ccc(Cl)cc2NC(=O)c2ccc(NC3CC3)c([N+](=O)[O-])c2)CC1. The van der Waals surface area contributed by atoms with Crippen LogP contribution in [0, 0.1) is 10.1 Å². The summed E-state index contributed by atoms with van der Waals surface area (Å²) < 4.78 is 0. The third-order valence-electron chi connectivity index (χ3n) is 5.44. The van der Waals surface area contributed by atoms with Crippen molar-refractivity contribution in [2.45, 2.75) is 18.9 Å². The van der Waals surface area contributed by atoms with Crippen molar-refractivity contribution >= 4 is 40.3 Å². The third-order valence-corrected chi connectivity index (χ3v) is 5.68. The zero-order chi connectivity index (χ0) is 21.3. The molecule has 158 valence electrons. The van der Waals surface area contributed by atoms with Crippen molar-refractivity contribution < 1.29 is 9.72 Å². The van der Waals surface area contributed by atoms with E-state index < -0.39 is 10.8 Å². The maximum Gasteiger partial charge on any atom is 0.293 e. The van der Waals surface area contributed by atoms with Crippen molar-refractivity contribution in [2.75, 3.05) is 48.8 Å². The van der Waals surface area contributed by atoms with E-state index in [9.17, 15) is 14.9 Å². The highest BCUT2D eigenvalue weighted by Crippen LogP contribution is 2.33. The molecule has 2 aromatic carbocycles. The van der Waals surface area contributed by atoms with Crippen LogP contribution in [0.5, 0.6) is 0 Å². The molecule has 0 unspecified atom stereocenters. The maximum atomic E-state index is 12.9. The number of rotatable bonds is 6. The molecule has 30 heavy (non-hydrogen) atoms.